The highest BCUT2D eigenvalue weighted by Gasteiger charge is 2.14. The van der Waals surface area contributed by atoms with E-state index in [-0.39, 0.29) is 5.82 Å². The maximum atomic E-state index is 13.6. The highest BCUT2D eigenvalue weighted by Crippen LogP contribution is 2.22. The van der Waals surface area contributed by atoms with Crippen molar-refractivity contribution in [3.05, 3.63) is 35.0 Å². The Morgan fingerprint density at radius 3 is 2.35 bits per heavy atom. The van der Waals surface area contributed by atoms with Gasteiger partial charge >= 0.3 is 0 Å². The number of pyridine rings is 1. The van der Waals surface area contributed by atoms with E-state index in [1.165, 1.54) is 6.07 Å². The molecule has 17 heavy (non-hydrogen) atoms. The fraction of sp³-hybridized carbons (Fsp3) is 0.500. The van der Waals surface area contributed by atoms with Gasteiger partial charge in [0.05, 0.1) is 5.69 Å². The molecule has 0 aliphatic rings. The monoisotopic (exact) mass is 236 g/mol. The molecular weight excluding hydrogens is 215 g/mol. The first-order chi connectivity index (χ1) is 8.00. The van der Waals surface area contributed by atoms with Crippen molar-refractivity contribution in [2.45, 2.75) is 47.5 Å². The minimum absolute atomic E-state index is 0.245. The Hall–Kier alpha value is -1.38. The summed E-state index contributed by atoms with van der Waals surface area (Å²) in [6.07, 6.45) is 1.94. The van der Waals surface area contributed by atoms with Gasteiger partial charge in [-0.25, -0.2) is 9.37 Å². The van der Waals surface area contributed by atoms with E-state index in [0.717, 1.165) is 17.0 Å². The van der Waals surface area contributed by atoms with E-state index in [9.17, 15) is 4.39 Å². The summed E-state index contributed by atoms with van der Waals surface area (Å²) in [5.74, 6) is 0.103. The van der Waals surface area contributed by atoms with Crippen LogP contribution in [0.15, 0.2) is 12.3 Å². The number of rotatable bonds is 1. The summed E-state index contributed by atoms with van der Waals surface area (Å²) in [4.78, 5) is 4.26. The zero-order valence-electron chi connectivity index (χ0n) is 11.5. The van der Waals surface area contributed by atoms with Crippen LogP contribution in [0, 0.1) is 19.7 Å². The molecule has 2 nitrogen and oxygen atoms in total. The molecule has 0 radical (unpaired) electrons. The third kappa shape index (κ3) is 2.48. The first kappa shape index (κ1) is 13.7. The molecule has 0 spiro atoms. The summed E-state index contributed by atoms with van der Waals surface area (Å²) in [5.41, 5.74) is 3.35. The van der Waals surface area contributed by atoms with Gasteiger partial charge in [-0.15, -0.1) is 0 Å². The smallest absolute Gasteiger partial charge is 0.173 e. The molecule has 0 aliphatic carbocycles. The molecule has 0 aromatic carbocycles. The van der Waals surface area contributed by atoms with Gasteiger partial charge in [0, 0.05) is 11.9 Å². The van der Waals surface area contributed by atoms with E-state index in [1.807, 2.05) is 38.3 Å². The summed E-state index contributed by atoms with van der Waals surface area (Å²) in [6, 6.07) is 1.52. The molecule has 0 unspecified atom stereocenters. The molecule has 0 saturated carbocycles. The van der Waals surface area contributed by atoms with Gasteiger partial charge in [0.25, 0.3) is 0 Å². The van der Waals surface area contributed by atoms with E-state index >= 15 is 0 Å². The second-order valence-electron chi connectivity index (χ2n) is 4.30. The number of nitrogens with zero attached hydrogens (tertiary/aromatic N) is 2. The molecule has 0 N–H and O–H groups in total. The van der Waals surface area contributed by atoms with Gasteiger partial charge < -0.3 is 4.40 Å². The summed E-state index contributed by atoms with van der Waals surface area (Å²) >= 11 is 0. The third-order valence-corrected chi connectivity index (χ3v) is 2.58. The summed E-state index contributed by atoms with van der Waals surface area (Å²) < 4.78 is 15.5. The lowest BCUT2D eigenvalue weighted by atomic mass is 10.1. The van der Waals surface area contributed by atoms with Crippen LogP contribution in [0.2, 0.25) is 0 Å². The second kappa shape index (κ2) is 5.30. The fourth-order valence-corrected chi connectivity index (χ4v) is 2.06. The Morgan fingerprint density at radius 2 is 1.82 bits per heavy atom. The van der Waals surface area contributed by atoms with Crippen molar-refractivity contribution in [2.24, 2.45) is 0 Å². The standard InChI is InChI=1S/C12H15FN2.C2H6/c1-7(2)11-9(4)14-12-10(13)5-8(3)6-15(11)12;1-2/h5-7H,1-4H3;1-2H3. The lowest BCUT2D eigenvalue weighted by Gasteiger charge is -2.07. The lowest BCUT2D eigenvalue weighted by Crippen LogP contribution is -1.98. The van der Waals surface area contributed by atoms with Crippen LogP contribution in [-0.2, 0) is 0 Å². The predicted molar refractivity (Wildman–Crippen MR) is 70.1 cm³/mol. The molecule has 2 heterocycles. The highest BCUT2D eigenvalue weighted by molar-refractivity contribution is 5.46. The summed E-state index contributed by atoms with van der Waals surface area (Å²) in [7, 11) is 0. The molecule has 0 saturated heterocycles. The molecule has 0 aliphatic heterocycles. The van der Waals surface area contributed by atoms with Crippen LogP contribution in [0.4, 0.5) is 4.39 Å². The highest BCUT2D eigenvalue weighted by atomic mass is 19.1. The van der Waals surface area contributed by atoms with Crippen molar-refractivity contribution in [1.29, 1.82) is 0 Å². The van der Waals surface area contributed by atoms with Gasteiger partial charge in [0.15, 0.2) is 11.5 Å². The number of halogens is 1. The molecule has 0 amide bonds. The largest absolute Gasteiger partial charge is 0.301 e. The molecule has 2 aromatic heterocycles. The molecule has 0 atom stereocenters. The maximum absolute atomic E-state index is 13.6. The van der Waals surface area contributed by atoms with Gasteiger partial charge in [0.2, 0.25) is 0 Å². The molecule has 2 rings (SSSR count). The third-order valence-electron chi connectivity index (χ3n) is 2.58. The molecular formula is C14H21FN2. The quantitative estimate of drug-likeness (QED) is 0.724. The SMILES string of the molecule is CC.Cc1cc(F)c2nc(C)c(C(C)C)n2c1. The van der Waals surface area contributed by atoms with E-state index in [0.29, 0.717) is 11.6 Å². The topological polar surface area (TPSA) is 17.3 Å². The van der Waals surface area contributed by atoms with Crippen LogP contribution < -0.4 is 0 Å². The molecule has 2 aromatic rings. The Kier molecular flexibility index (Phi) is 4.27. The average Bonchev–Trinajstić information content (AvgIpc) is 2.58. The van der Waals surface area contributed by atoms with E-state index in [4.69, 9.17) is 0 Å². The number of fused-ring (bicyclic) bond motifs is 1. The van der Waals surface area contributed by atoms with Crippen LogP contribution in [0.3, 0.4) is 0 Å². The average molecular weight is 236 g/mol. The minimum atomic E-state index is -0.245. The number of hydrogen-bond donors (Lipinski definition) is 0. The van der Waals surface area contributed by atoms with Crippen LogP contribution in [0.5, 0.6) is 0 Å². The minimum Gasteiger partial charge on any atom is -0.301 e. The van der Waals surface area contributed by atoms with Crippen molar-refractivity contribution in [3.63, 3.8) is 0 Å². The van der Waals surface area contributed by atoms with Crippen LogP contribution in [0.25, 0.3) is 5.65 Å². The van der Waals surface area contributed by atoms with Crippen molar-refractivity contribution in [2.75, 3.05) is 0 Å². The number of imidazole rings is 1. The fourth-order valence-electron chi connectivity index (χ4n) is 2.06. The normalized spacial score (nSPS) is 10.6. The van der Waals surface area contributed by atoms with Crippen molar-refractivity contribution < 1.29 is 4.39 Å². The van der Waals surface area contributed by atoms with E-state index in [1.54, 1.807) is 0 Å². The van der Waals surface area contributed by atoms with Crippen molar-refractivity contribution in [3.8, 4) is 0 Å². The summed E-state index contributed by atoms with van der Waals surface area (Å²) in [5, 5.41) is 0. The molecule has 0 bridgehead atoms. The first-order valence-corrected chi connectivity index (χ1v) is 6.15. The van der Waals surface area contributed by atoms with Crippen LogP contribution >= 0.6 is 0 Å². The van der Waals surface area contributed by atoms with Gasteiger partial charge in [0.1, 0.15) is 0 Å². The predicted octanol–water partition coefficient (Wildman–Crippen LogP) is 4.24. The molecule has 0 fully saturated rings. The first-order valence-electron chi connectivity index (χ1n) is 6.15. The summed E-state index contributed by atoms with van der Waals surface area (Å²) in [6.45, 7) is 12.0. The molecule has 94 valence electrons. The number of aryl methyl sites for hydroxylation is 2. The van der Waals surface area contributed by atoms with Gasteiger partial charge in [-0.05, 0) is 31.4 Å². The zero-order valence-corrected chi connectivity index (χ0v) is 11.5. The lowest BCUT2D eigenvalue weighted by molar-refractivity contribution is 0.626. The maximum Gasteiger partial charge on any atom is 0.173 e. The second-order valence-corrected chi connectivity index (χ2v) is 4.30. The van der Waals surface area contributed by atoms with Gasteiger partial charge in [-0.1, -0.05) is 27.7 Å². The Balaban J connectivity index is 0.000000686. The van der Waals surface area contributed by atoms with Crippen molar-refractivity contribution >= 4 is 5.65 Å². The van der Waals surface area contributed by atoms with Crippen LogP contribution in [-0.4, -0.2) is 9.38 Å². The zero-order chi connectivity index (χ0) is 13.2. The number of hydrogen-bond acceptors (Lipinski definition) is 1. The van der Waals surface area contributed by atoms with Gasteiger partial charge in [-0.3, -0.25) is 0 Å². The van der Waals surface area contributed by atoms with E-state index in [2.05, 4.69) is 18.8 Å². The number of aromatic nitrogens is 2. The molecule has 3 heteroatoms. The Morgan fingerprint density at radius 1 is 1.24 bits per heavy atom. The van der Waals surface area contributed by atoms with E-state index < -0.39 is 0 Å². The van der Waals surface area contributed by atoms with Crippen LogP contribution in [0.1, 0.15) is 50.6 Å². The Bertz CT molecular complexity index is 512. The van der Waals surface area contributed by atoms with Gasteiger partial charge in [-0.2, -0.15) is 0 Å². The van der Waals surface area contributed by atoms with Crippen molar-refractivity contribution in [1.82, 2.24) is 9.38 Å². The Labute approximate surface area is 102 Å².